The molecule has 170 valence electrons. The van der Waals surface area contributed by atoms with E-state index in [-0.39, 0.29) is 30.4 Å². The van der Waals surface area contributed by atoms with Gasteiger partial charge in [0.2, 0.25) is 21.8 Å². The average molecular weight is 453 g/mol. The zero-order valence-corrected chi connectivity index (χ0v) is 18.2. The van der Waals surface area contributed by atoms with E-state index in [1.807, 2.05) is 4.90 Å². The number of rotatable bonds is 5. The molecule has 3 aliphatic rings. The van der Waals surface area contributed by atoms with Crippen LogP contribution in [0.4, 0.5) is 0 Å². The molecule has 0 radical (unpaired) electrons. The normalized spacial score (nSPS) is 22.8. The molecule has 0 bridgehead atoms. The van der Waals surface area contributed by atoms with Crippen molar-refractivity contribution in [1.29, 1.82) is 0 Å². The van der Waals surface area contributed by atoms with E-state index in [2.05, 4.69) is 0 Å². The van der Waals surface area contributed by atoms with Crippen LogP contribution in [0, 0.1) is 0 Å². The molecular formula is C20H28N4O6S. The highest BCUT2D eigenvalue weighted by atomic mass is 32.2. The van der Waals surface area contributed by atoms with Crippen molar-refractivity contribution in [2.45, 2.75) is 30.2 Å². The number of amides is 2. The highest BCUT2D eigenvalue weighted by molar-refractivity contribution is 7.89. The van der Waals surface area contributed by atoms with Gasteiger partial charge in [0.15, 0.2) is 11.5 Å². The first kappa shape index (κ1) is 21.8. The lowest BCUT2D eigenvalue weighted by atomic mass is 10.2. The summed E-state index contributed by atoms with van der Waals surface area (Å²) >= 11 is 0. The Morgan fingerprint density at radius 1 is 1.00 bits per heavy atom. The quantitative estimate of drug-likeness (QED) is 0.647. The number of primary amides is 1. The van der Waals surface area contributed by atoms with Gasteiger partial charge in [0.1, 0.15) is 0 Å². The molecule has 1 aromatic carbocycles. The van der Waals surface area contributed by atoms with Gasteiger partial charge in [-0.3, -0.25) is 14.5 Å². The standard InChI is InChI=1S/C20H28N4O6S/c21-20(26)16-3-1-6-23(16)14-19(25)22-7-9-24(10-8-22)31(27,28)15-4-5-17-18(13-15)30-12-2-11-29-17/h4-5,13,16H,1-3,6-12,14H2,(H2,21,26). The second-order valence-electron chi connectivity index (χ2n) is 7.97. The van der Waals surface area contributed by atoms with Crippen LogP contribution in [0.1, 0.15) is 19.3 Å². The monoisotopic (exact) mass is 452 g/mol. The molecule has 0 saturated carbocycles. The number of sulfonamides is 1. The smallest absolute Gasteiger partial charge is 0.243 e. The van der Waals surface area contributed by atoms with Gasteiger partial charge in [-0.25, -0.2) is 8.42 Å². The fourth-order valence-corrected chi connectivity index (χ4v) is 5.68. The lowest BCUT2D eigenvalue weighted by Crippen LogP contribution is -2.53. The van der Waals surface area contributed by atoms with Crippen molar-refractivity contribution >= 4 is 21.8 Å². The van der Waals surface area contributed by atoms with Gasteiger partial charge in [-0.05, 0) is 31.5 Å². The molecule has 1 atom stereocenters. The molecule has 4 rings (SSSR count). The van der Waals surface area contributed by atoms with Gasteiger partial charge in [-0.1, -0.05) is 0 Å². The van der Waals surface area contributed by atoms with Crippen molar-refractivity contribution in [3.05, 3.63) is 18.2 Å². The van der Waals surface area contributed by atoms with Crippen LogP contribution in [0.25, 0.3) is 0 Å². The molecule has 1 aromatic rings. The molecule has 0 spiro atoms. The highest BCUT2D eigenvalue weighted by Crippen LogP contribution is 2.33. The predicted octanol–water partition coefficient (Wildman–Crippen LogP) is -0.369. The largest absolute Gasteiger partial charge is 0.490 e. The Labute approximate surface area is 181 Å². The van der Waals surface area contributed by atoms with E-state index in [1.54, 1.807) is 11.0 Å². The molecule has 2 N–H and O–H groups in total. The Morgan fingerprint density at radius 3 is 2.42 bits per heavy atom. The van der Waals surface area contributed by atoms with Crippen LogP contribution < -0.4 is 15.2 Å². The minimum atomic E-state index is -3.71. The van der Waals surface area contributed by atoms with E-state index in [9.17, 15) is 18.0 Å². The Balaban J connectivity index is 1.37. The molecule has 3 heterocycles. The van der Waals surface area contributed by atoms with Crippen LogP contribution in [0.2, 0.25) is 0 Å². The molecule has 11 heteroatoms. The zero-order chi connectivity index (χ0) is 22.0. The lowest BCUT2D eigenvalue weighted by Gasteiger charge is -2.35. The molecule has 0 aliphatic carbocycles. The number of ether oxygens (including phenoxy) is 2. The molecule has 1 unspecified atom stereocenters. The fraction of sp³-hybridized carbons (Fsp3) is 0.600. The predicted molar refractivity (Wildman–Crippen MR) is 111 cm³/mol. The van der Waals surface area contributed by atoms with Crippen molar-refractivity contribution in [1.82, 2.24) is 14.1 Å². The highest BCUT2D eigenvalue weighted by Gasteiger charge is 2.34. The van der Waals surface area contributed by atoms with Crippen LogP contribution in [-0.4, -0.2) is 92.9 Å². The van der Waals surface area contributed by atoms with Gasteiger partial charge in [-0.2, -0.15) is 4.31 Å². The number of nitrogens with zero attached hydrogens (tertiary/aromatic N) is 3. The van der Waals surface area contributed by atoms with Crippen molar-refractivity contribution < 1.29 is 27.5 Å². The SMILES string of the molecule is NC(=O)C1CCCN1CC(=O)N1CCN(S(=O)(=O)c2ccc3c(c2)OCCCO3)CC1. The minimum Gasteiger partial charge on any atom is -0.490 e. The molecule has 10 nitrogen and oxygen atoms in total. The van der Waals surface area contributed by atoms with Crippen molar-refractivity contribution in [2.24, 2.45) is 5.73 Å². The summed E-state index contributed by atoms with van der Waals surface area (Å²) in [7, 11) is -3.71. The van der Waals surface area contributed by atoms with Crippen LogP contribution in [0.5, 0.6) is 11.5 Å². The molecule has 31 heavy (non-hydrogen) atoms. The van der Waals surface area contributed by atoms with Crippen LogP contribution in [-0.2, 0) is 19.6 Å². The summed E-state index contributed by atoms with van der Waals surface area (Å²) in [4.78, 5) is 27.8. The van der Waals surface area contributed by atoms with Crippen LogP contribution >= 0.6 is 0 Å². The van der Waals surface area contributed by atoms with Crippen LogP contribution in [0.3, 0.4) is 0 Å². The third-order valence-electron chi connectivity index (χ3n) is 5.98. The number of fused-ring (bicyclic) bond motifs is 1. The number of likely N-dealkylation sites (tertiary alicyclic amines) is 1. The average Bonchev–Trinajstić information content (AvgIpc) is 3.09. The van der Waals surface area contributed by atoms with Gasteiger partial charge in [0.05, 0.1) is 30.7 Å². The van der Waals surface area contributed by atoms with E-state index < -0.39 is 22.0 Å². The van der Waals surface area contributed by atoms with Crippen molar-refractivity contribution in [3.63, 3.8) is 0 Å². The summed E-state index contributed by atoms with van der Waals surface area (Å²) in [5, 5.41) is 0. The molecule has 2 saturated heterocycles. The lowest BCUT2D eigenvalue weighted by molar-refractivity contribution is -0.134. The summed E-state index contributed by atoms with van der Waals surface area (Å²) in [6.07, 6.45) is 2.25. The minimum absolute atomic E-state index is 0.110. The Morgan fingerprint density at radius 2 is 1.71 bits per heavy atom. The number of hydrogen-bond donors (Lipinski definition) is 1. The van der Waals surface area contributed by atoms with Gasteiger partial charge in [0, 0.05) is 38.7 Å². The maximum Gasteiger partial charge on any atom is 0.243 e. The third kappa shape index (κ3) is 4.63. The van der Waals surface area contributed by atoms with E-state index in [0.29, 0.717) is 50.8 Å². The molecule has 2 fully saturated rings. The summed E-state index contributed by atoms with van der Waals surface area (Å²) in [5.74, 6) is 0.460. The number of nitrogens with two attached hydrogens (primary N) is 1. The van der Waals surface area contributed by atoms with E-state index in [1.165, 1.54) is 16.4 Å². The second kappa shape index (κ2) is 9.01. The zero-order valence-electron chi connectivity index (χ0n) is 17.4. The molecular weight excluding hydrogens is 424 g/mol. The Bertz CT molecular complexity index is 945. The van der Waals surface area contributed by atoms with Crippen molar-refractivity contribution in [3.8, 4) is 11.5 Å². The summed E-state index contributed by atoms with van der Waals surface area (Å²) in [5.41, 5.74) is 5.42. The number of hydrogen-bond acceptors (Lipinski definition) is 7. The fourth-order valence-electron chi connectivity index (χ4n) is 4.24. The van der Waals surface area contributed by atoms with Gasteiger partial charge in [-0.15, -0.1) is 0 Å². The first-order valence-corrected chi connectivity index (χ1v) is 12.0. The van der Waals surface area contributed by atoms with E-state index in [0.717, 1.165) is 12.8 Å². The summed E-state index contributed by atoms with van der Waals surface area (Å²) in [6, 6.07) is 4.26. The summed E-state index contributed by atoms with van der Waals surface area (Å²) < 4.78 is 38.8. The molecule has 0 aromatic heterocycles. The van der Waals surface area contributed by atoms with Gasteiger partial charge < -0.3 is 20.1 Å². The Hall–Kier alpha value is -2.37. The van der Waals surface area contributed by atoms with Gasteiger partial charge >= 0.3 is 0 Å². The van der Waals surface area contributed by atoms with Gasteiger partial charge in [0.25, 0.3) is 0 Å². The maximum atomic E-state index is 13.1. The van der Waals surface area contributed by atoms with E-state index >= 15 is 0 Å². The number of carbonyl (C=O) groups is 2. The maximum absolute atomic E-state index is 13.1. The van der Waals surface area contributed by atoms with E-state index in [4.69, 9.17) is 15.2 Å². The third-order valence-corrected chi connectivity index (χ3v) is 7.87. The Kier molecular flexibility index (Phi) is 6.35. The van der Waals surface area contributed by atoms with Crippen molar-refractivity contribution in [2.75, 3.05) is 52.5 Å². The summed E-state index contributed by atoms with van der Waals surface area (Å²) in [6.45, 7) is 2.83. The first-order chi connectivity index (χ1) is 14.9. The number of piperazine rings is 1. The number of carbonyl (C=O) groups excluding carboxylic acids is 2. The molecule has 3 aliphatic heterocycles. The topological polar surface area (TPSA) is 122 Å². The number of benzene rings is 1. The first-order valence-electron chi connectivity index (χ1n) is 10.6. The second-order valence-corrected chi connectivity index (χ2v) is 9.91. The van der Waals surface area contributed by atoms with Crippen LogP contribution in [0.15, 0.2) is 23.1 Å². The molecule has 2 amide bonds.